The molecule has 2 amide bonds. The molecule has 0 aliphatic carbocycles. The molecule has 0 spiro atoms. The van der Waals surface area contributed by atoms with Gasteiger partial charge in [-0.05, 0) is 68.1 Å². The lowest BCUT2D eigenvalue weighted by molar-refractivity contribution is -0.130. The molecule has 1 saturated heterocycles. The number of H-pyrrole nitrogens is 1. The van der Waals surface area contributed by atoms with Crippen LogP contribution in [0.1, 0.15) is 62.6 Å². The minimum absolute atomic E-state index is 0.00408. The highest BCUT2D eigenvalue weighted by Crippen LogP contribution is 2.35. The number of rotatable bonds is 9. The molecule has 10 nitrogen and oxygen atoms in total. The second-order valence-electron chi connectivity index (χ2n) is 11.4. The van der Waals surface area contributed by atoms with Crippen molar-refractivity contribution in [1.82, 2.24) is 25.4 Å². The highest BCUT2D eigenvalue weighted by atomic mass is 16.5. The summed E-state index contributed by atoms with van der Waals surface area (Å²) in [6.45, 7) is 9.09. The zero-order chi connectivity index (χ0) is 28.9. The maximum atomic E-state index is 13.0. The Morgan fingerprint density at radius 1 is 1.18 bits per heavy atom. The first-order chi connectivity index (χ1) is 19.0. The molecule has 3 atom stereocenters. The van der Waals surface area contributed by atoms with E-state index in [1.165, 1.54) is 0 Å². The van der Waals surface area contributed by atoms with E-state index in [2.05, 4.69) is 58.5 Å². The fourth-order valence-corrected chi connectivity index (χ4v) is 4.67. The van der Waals surface area contributed by atoms with Gasteiger partial charge in [-0.15, -0.1) is 0 Å². The van der Waals surface area contributed by atoms with Gasteiger partial charge in [0.1, 0.15) is 18.1 Å². The van der Waals surface area contributed by atoms with E-state index in [4.69, 9.17) is 9.47 Å². The number of aromatic nitrogens is 3. The van der Waals surface area contributed by atoms with Crippen LogP contribution in [-0.2, 0) is 9.53 Å². The second kappa shape index (κ2) is 12.6. The van der Waals surface area contributed by atoms with Gasteiger partial charge >= 0.3 is 0 Å². The van der Waals surface area contributed by atoms with Crippen molar-refractivity contribution in [2.45, 2.75) is 58.7 Å². The summed E-state index contributed by atoms with van der Waals surface area (Å²) in [5.74, 6) is 0.160. The van der Waals surface area contributed by atoms with Crippen molar-refractivity contribution in [2.24, 2.45) is 5.41 Å². The Balaban J connectivity index is 1.35. The summed E-state index contributed by atoms with van der Waals surface area (Å²) in [5.41, 5.74) is 3.31. The fourth-order valence-electron chi connectivity index (χ4n) is 4.67. The van der Waals surface area contributed by atoms with E-state index >= 15 is 0 Å². The molecule has 1 aromatic carbocycles. The van der Waals surface area contributed by atoms with Crippen LogP contribution in [0.4, 0.5) is 5.69 Å². The monoisotopic (exact) mass is 548 g/mol. The number of methoxy groups -OCH3 is 1. The zero-order valence-corrected chi connectivity index (χ0v) is 24.2. The molecule has 4 rings (SSSR count). The number of carbonyl (C=O) groups is 2. The molecule has 3 aromatic rings. The van der Waals surface area contributed by atoms with Crippen molar-refractivity contribution in [1.29, 1.82) is 0 Å². The summed E-state index contributed by atoms with van der Waals surface area (Å²) in [5, 5.41) is 12.8. The molecule has 1 aliphatic rings. The Kier molecular flexibility index (Phi) is 9.21. The molecule has 0 bridgehead atoms. The molecular formula is C30H40N6O4. The molecule has 3 unspecified atom stereocenters. The third-order valence-corrected chi connectivity index (χ3v) is 7.53. The van der Waals surface area contributed by atoms with Crippen LogP contribution in [0.3, 0.4) is 0 Å². The molecule has 40 heavy (non-hydrogen) atoms. The average molecular weight is 549 g/mol. The van der Waals surface area contributed by atoms with Gasteiger partial charge < -0.3 is 20.1 Å². The van der Waals surface area contributed by atoms with E-state index in [1.54, 1.807) is 31.5 Å². The van der Waals surface area contributed by atoms with E-state index in [0.717, 1.165) is 24.1 Å². The van der Waals surface area contributed by atoms with Crippen LogP contribution in [0.2, 0.25) is 0 Å². The number of likely N-dealkylation sites (N-methyl/N-ethyl adjacent to an activating group) is 1. The Morgan fingerprint density at radius 2 is 1.98 bits per heavy atom. The maximum Gasteiger partial charge on any atom is 0.274 e. The molecule has 1 aliphatic heterocycles. The first-order valence-electron chi connectivity index (χ1n) is 13.6. The molecule has 10 heteroatoms. The molecule has 0 radical (unpaired) electrons. The van der Waals surface area contributed by atoms with Crippen molar-refractivity contribution in [3.05, 3.63) is 59.9 Å². The highest BCUT2D eigenvalue weighted by Gasteiger charge is 2.29. The van der Waals surface area contributed by atoms with Gasteiger partial charge in [-0.2, -0.15) is 5.10 Å². The number of aromatic amines is 1. The van der Waals surface area contributed by atoms with Gasteiger partial charge in [0.15, 0.2) is 0 Å². The summed E-state index contributed by atoms with van der Waals surface area (Å²) in [6, 6.07) is 13.1. The quantitative estimate of drug-likeness (QED) is 0.362. The lowest BCUT2D eigenvalue weighted by atomic mass is 9.88. The Bertz CT molecular complexity index is 1300. The van der Waals surface area contributed by atoms with Gasteiger partial charge in [0.2, 0.25) is 5.91 Å². The normalized spacial score (nSPS) is 18.6. The number of nitrogens with one attached hydrogen (secondary N) is 3. The van der Waals surface area contributed by atoms with Crippen LogP contribution in [0.25, 0.3) is 11.4 Å². The first-order valence-corrected chi connectivity index (χ1v) is 13.6. The predicted molar refractivity (Wildman–Crippen MR) is 154 cm³/mol. The maximum absolute atomic E-state index is 13.0. The number of hydrogen-bond donors (Lipinski definition) is 3. The van der Waals surface area contributed by atoms with Crippen LogP contribution in [0.5, 0.6) is 5.75 Å². The van der Waals surface area contributed by atoms with Crippen molar-refractivity contribution in [2.75, 3.05) is 32.6 Å². The van der Waals surface area contributed by atoms with Gasteiger partial charge in [-0.1, -0.05) is 32.9 Å². The first kappa shape index (κ1) is 29.2. The SMILES string of the molecule is COc1cc(C2CCC(OCC(=O)NC(C)C(C)(C)C)CN2C)ccc1NC(=O)c1cccc(-c2ccn[nH]2)n1. The summed E-state index contributed by atoms with van der Waals surface area (Å²) >= 11 is 0. The predicted octanol–water partition coefficient (Wildman–Crippen LogP) is 4.44. The van der Waals surface area contributed by atoms with E-state index in [1.807, 2.05) is 31.2 Å². The smallest absolute Gasteiger partial charge is 0.274 e. The standard InChI is InChI=1S/C30H40N6O4/c1-19(30(2,3)4)32-28(37)18-40-21-11-13-26(36(5)17-21)20-10-12-24(27(16-20)39-6)34-29(38)25-9-7-8-22(33-25)23-14-15-31-35-23/h7-10,12,14-16,19,21,26H,11,13,17-18H2,1-6H3,(H,31,35)(H,32,37)(H,34,38). The number of anilines is 1. The third kappa shape index (κ3) is 7.25. The lowest BCUT2D eigenvalue weighted by Crippen LogP contribution is -2.45. The molecule has 0 saturated carbocycles. The number of nitrogens with zero attached hydrogens (tertiary/aromatic N) is 3. The summed E-state index contributed by atoms with van der Waals surface area (Å²) < 4.78 is 11.6. The van der Waals surface area contributed by atoms with Crippen LogP contribution in [-0.4, -0.2) is 71.4 Å². The van der Waals surface area contributed by atoms with E-state index in [-0.39, 0.29) is 47.7 Å². The summed E-state index contributed by atoms with van der Waals surface area (Å²) in [6.07, 6.45) is 3.35. The van der Waals surface area contributed by atoms with Crippen molar-refractivity contribution >= 4 is 17.5 Å². The summed E-state index contributed by atoms with van der Waals surface area (Å²) in [4.78, 5) is 32.0. The van der Waals surface area contributed by atoms with Gasteiger partial charge in [0.05, 0.1) is 30.3 Å². The van der Waals surface area contributed by atoms with Crippen LogP contribution in [0.15, 0.2) is 48.7 Å². The Labute approximate surface area is 235 Å². The van der Waals surface area contributed by atoms with Crippen molar-refractivity contribution in [3.63, 3.8) is 0 Å². The van der Waals surface area contributed by atoms with Gasteiger partial charge in [0.25, 0.3) is 5.91 Å². The van der Waals surface area contributed by atoms with Crippen molar-refractivity contribution < 1.29 is 19.1 Å². The van der Waals surface area contributed by atoms with E-state index in [9.17, 15) is 9.59 Å². The van der Waals surface area contributed by atoms with E-state index in [0.29, 0.717) is 23.7 Å². The minimum Gasteiger partial charge on any atom is -0.495 e. The molecule has 214 valence electrons. The van der Waals surface area contributed by atoms with Crippen molar-refractivity contribution in [3.8, 4) is 17.1 Å². The van der Waals surface area contributed by atoms with Gasteiger partial charge in [-0.3, -0.25) is 19.6 Å². The molecule has 3 heterocycles. The molecule has 3 N–H and O–H groups in total. The van der Waals surface area contributed by atoms with Crippen LogP contribution >= 0.6 is 0 Å². The molecule has 2 aromatic heterocycles. The largest absolute Gasteiger partial charge is 0.495 e. The highest BCUT2D eigenvalue weighted by molar-refractivity contribution is 6.04. The number of benzene rings is 1. The van der Waals surface area contributed by atoms with Gasteiger partial charge in [0, 0.05) is 24.8 Å². The second-order valence-corrected chi connectivity index (χ2v) is 11.4. The van der Waals surface area contributed by atoms with Gasteiger partial charge in [-0.25, -0.2) is 4.98 Å². The number of hydrogen-bond acceptors (Lipinski definition) is 7. The minimum atomic E-state index is -0.330. The number of piperidine rings is 1. The lowest BCUT2D eigenvalue weighted by Gasteiger charge is -2.37. The van der Waals surface area contributed by atoms with Crippen LogP contribution < -0.4 is 15.4 Å². The Hall–Kier alpha value is -3.76. The third-order valence-electron chi connectivity index (χ3n) is 7.53. The van der Waals surface area contributed by atoms with Crippen LogP contribution in [0, 0.1) is 5.41 Å². The summed E-state index contributed by atoms with van der Waals surface area (Å²) in [7, 11) is 3.65. The molecule has 1 fully saturated rings. The fraction of sp³-hybridized carbons (Fsp3) is 0.467. The van der Waals surface area contributed by atoms with E-state index < -0.39 is 0 Å². The number of amides is 2. The average Bonchev–Trinajstić information content (AvgIpc) is 3.47. The number of ether oxygens (including phenoxy) is 2. The number of likely N-dealkylation sites (tertiary alicyclic amines) is 1. The topological polar surface area (TPSA) is 121 Å². The Morgan fingerprint density at radius 3 is 2.65 bits per heavy atom. The molecular weight excluding hydrogens is 508 g/mol. The zero-order valence-electron chi connectivity index (χ0n) is 24.2. The number of carbonyl (C=O) groups excluding carboxylic acids is 2. The number of pyridine rings is 1.